The second-order valence-electron chi connectivity index (χ2n) is 2.81. The quantitative estimate of drug-likeness (QED) is 0.692. The fraction of sp³-hybridized carbons (Fsp3) is 0.750. The number of rotatable bonds is 3. The van der Waals surface area contributed by atoms with E-state index >= 15 is 0 Å². The maximum absolute atomic E-state index is 10.3. The third-order valence-corrected chi connectivity index (χ3v) is 1.75. The summed E-state index contributed by atoms with van der Waals surface area (Å²) in [5.41, 5.74) is 0. The first-order valence-corrected chi connectivity index (χ1v) is 4.08. The first-order valence-electron chi connectivity index (χ1n) is 4.08. The standard InChI is InChI=1S/C8H11NO4/c9-3-1-8-12-4-2-6(13-8)5-7(10)11/h6,8H,1-2,4-5H2,(H,10,11). The summed E-state index contributed by atoms with van der Waals surface area (Å²) in [7, 11) is 0. The van der Waals surface area contributed by atoms with Gasteiger partial charge in [0, 0.05) is 0 Å². The molecular weight excluding hydrogens is 174 g/mol. The Morgan fingerprint density at radius 3 is 3.08 bits per heavy atom. The van der Waals surface area contributed by atoms with Gasteiger partial charge in [-0.25, -0.2) is 0 Å². The number of hydrogen-bond acceptors (Lipinski definition) is 4. The predicted octanol–water partition coefficient (Wildman–Crippen LogP) is 0.506. The molecule has 5 nitrogen and oxygen atoms in total. The maximum Gasteiger partial charge on any atom is 0.305 e. The summed E-state index contributed by atoms with van der Waals surface area (Å²) in [5.74, 6) is -0.886. The van der Waals surface area contributed by atoms with Gasteiger partial charge in [0.2, 0.25) is 0 Å². The zero-order chi connectivity index (χ0) is 9.68. The van der Waals surface area contributed by atoms with Gasteiger partial charge in [0.25, 0.3) is 0 Å². The average Bonchev–Trinajstić information content (AvgIpc) is 2.04. The third kappa shape index (κ3) is 3.40. The Morgan fingerprint density at radius 1 is 1.69 bits per heavy atom. The summed E-state index contributed by atoms with van der Waals surface area (Å²) in [5, 5.41) is 16.9. The lowest BCUT2D eigenvalue weighted by Crippen LogP contribution is -2.33. The lowest BCUT2D eigenvalue weighted by Gasteiger charge is -2.27. The van der Waals surface area contributed by atoms with Crippen molar-refractivity contribution in [2.75, 3.05) is 6.61 Å². The summed E-state index contributed by atoms with van der Waals surface area (Å²) in [6.45, 7) is 0.463. The number of carboxylic acid groups (broad SMARTS) is 1. The third-order valence-electron chi connectivity index (χ3n) is 1.75. The predicted molar refractivity (Wildman–Crippen MR) is 41.7 cm³/mol. The number of nitriles is 1. The zero-order valence-electron chi connectivity index (χ0n) is 7.10. The minimum absolute atomic E-state index is 0.0225. The number of nitrogens with zero attached hydrogens (tertiary/aromatic N) is 1. The van der Waals surface area contributed by atoms with Gasteiger partial charge >= 0.3 is 5.97 Å². The minimum Gasteiger partial charge on any atom is -0.481 e. The lowest BCUT2D eigenvalue weighted by atomic mass is 10.2. The molecule has 5 heteroatoms. The van der Waals surface area contributed by atoms with Crippen LogP contribution in [0.2, 0.25) is 0 Å². The second kappa shape index (κ2) is 4.80. The molecule has 0 aromatic carbocycles. The van der Waals surface area contributed by atoms with Gasteiger partial charge in [-0.15, -0.1) is 0 Å². The smallest absolute Gasteiger partial charge is 0.305 e. The monoisotopic (exact) mass is 185 g/mol. The van der Waals surface area contributed by atoms with Crippen LogP contribution in [0.4, 0.5) is 0 Å². The largest absolute Gasteiger partial charge is 0.481 e. The summed E-state index contributed by atoms with van der Waals surface area (Å²) >= 11 is 0. The van der Waals surface area contributed by atoms with E-state index in [0.717, 1.165) is 0 Å². The van der Waals surface area contributed by atoms with Crippen LogP contribution in [0.15, 0.2) is 0 Å². The first kappa shape index (κ1) is 9.96. The van der Waals surface area contributed by atoms with Crippen molar-refractivity contribution in [2.45, 2.75) is 31.7 Å². The van der Waals surface area contributed by atoms with Gasteiger partial charge in [-0.2, -0.15) is 5.26 Å². The molecular formula is C8H11NO4. The van der Waals surface area contributed by atoms with Gasteiger partial charge in [-0.1, -0.05) is 0 Å². The lowest BCUT2D eigenvalue weighted by molar-refractivity contribution is -0.211. The zero-order valence-corrected chi connectivity index (χ0v) is 7.10. The second-order valence-corrected chi connectivity index (χ2v) is 2.81. The van der Waals surface area contributed by atoms with E-state index in [0.29, 0.717) is 13.0 Å². The van der Waals surface area contributed by atoms with E-state index in [1.807, 2.05) is 6.07 Å². The molecule has 1 saturated heterocycles. The van der Waals surface area contributed by atoms with Gasteiger partial charge in [-0.05, 0) is 6.42 Å². The summed E-state index contributed by atoms with van der Waals surface area (Å²) in [4.78, 5) is 10.3. The van der Waals surface area contributed by atoms with E-state index in [2.05, 4.69) is 0 Å². The van der Waals surface area contributed by atoms with E-state index in [1.165, 1.54) is 0 Å². The van der Waals surface area contributed by atoms with Crippen LogP contribution in [0.25, 0.3) is 0 Å². The van der Waals surface area contributed by atoms with Gasteiger partial charge in [0.15, 0.2) is 6.29 Å². The Labute approximate surface area is 75.9 Å². The molecule has 2 atom stereocenters. The molecule has 1 aliphatic rings. The van der Waals surface area contributed by atoms with Crippen LogP contribution in [-0.4, -0.2) is 30.1 Å². The molecule has 0 bridgehead atoms. The minimum atomic E-state index is -0.886. The highest BCUT2D eigenvalue weighted by atomic mass is 16.7. The first-order chi connectivity index (χ1) is 6.22. The Morgan fingerprint density at radius 2 is 2.46 bits per heavy atom. The van der Waals surface area contributed by atoms with Crippen LogP contribution in [-0.2, 0) is 14.3 Å². The maximum atomic E-state index is 10.3. The molecule has 0 aromatic rings. The Kier molecular flexibility index (Phi) is 3.68. The molecule has 0 aliphatic carbocycles. The Hall–Kier alpha value is -1.12. The van der Waals surface area contributed by atoms with Crippen molar-refractivity contribution in [2.24, 2.45) is 0 Å². The van der Waals surface area contributed by atoms with Crippen molar-refractivity contribution in [3.63, 3.8) is 0 Å². The van der Waals surface area contributed by atoms with Crippen LogP contribution in [0.3, 0.4) is 0 Å². The van der Waals surface area contributed by atoms with Crippen LogP contribution in [0.5, 0.6) is 0 Å². The summed E-state index contributed by atoms with van der Waals surface area (Å²) < 4.78 is 10.3. The molecule has 0 spiro atoms. The highest BCUT2D eigenvalue weighted by Gasteiger charge is 2.24. The molecule has 0 saturated carbocycles. The van der Waals surface area contributed by atoms with Crippen molar-refractivity contribution in [3.05, 3.63) is 0 Å². The van der Waals surface area contributed by atoms with Crippen molar-refractivity contribution in [3.8, 4) is 6.07 Å². The fourth-order valence-electron chi connectivity index (χ4n) is 1.18. The molecule has 1 aliphatic heterocycles. The van der Waals surface area contributed by atoms with Crippen LogP contribution >= 0.6 is 0 Å². The normalized spacial score (nSPS) is 27.9. The average molecular weight is 185 g/mol. The summed E-state index contributed by atoms with van der Waals surface area (Å²) in [6, 6.07) is 1.91. The van der Waals surface area contributed by atoms with E-state index < -0.39 is 12.3 Å². The molecule has 1 rings (SSSR count). The van der Waals surface area contributed by atoms with Crippen molar-refractivity contribution < 1.29 is 19.4 Å². The number of ether oxygens (including phenoxy) is 2. The molecule has 2 unspecified atom stereocenters. The molecule has 1 fully saturated rings. The molecule has 13 heavy (non-hydrogen) atoms. The van der Waals surface area contributed by atoms with Gasteiger partial charge < -0.3 is 14.6 Å². The van der Waals surface area contributed by atoms with Gasteiger partial charge in [-0.3, -0.25) is 4.79 Å². The van der Waals surface area contributed by atoms with Gasteiger partial charge in [0.05, 0.1) is 31.6 Å². The van der Waals surface area contributed by atoms with E-state index in [-0.39, 0.29) is 18.9 Å². The Bertz CT molecular complexity index is 223. The SMILES string of the molecule is N#CCC1OCCC(CC(=O)O)O1. The molecule has 0 aromatic heterocycles. The fourth-order valence-corrected chi connectivity index (χ4v) is 1.18. The number of carbonyl (C=O) groups is 1. The van der Waals surface area contributed by atoms with Crippen LogP contribution in [0.1, 0.15) is 19.3 Å². The molecule has 0 radical (unpaired) electrons. The van der Waals surface area contributed by atoms with E-state index in [1.54, 1.807) is 0 Å². The van der Waals surface area contributed by atoms with Crippen molar-refractivity contribution in [1.29, 1.82) is 5.26 Å². The number of hydrogen-bond donors (Lipinski definition) is 1. The molecule has 0 amide bonds. The number of carboxylic acids is 1. The van der Waals surface area contributed by atoms with E-state index in [9.17, 15) is 4.79 Å². The van der Waals surface area contributed by atoms with Gasteiger partial charge in [0.1, 0.15) is 0 Å². The number of aliphatic carboxylic acids is 1. The van der Waals surface area contributed by atoms with E-state index in [4.69, 9.17) is 19.8 Å². The van der Waals surface area contributed by atoms with Crippen molar-refractivity contribution >= 4 is 5.97 Å². The van der Waals surface area contributed by atoms with Crippen LogP contribution < -0.4 is 0 Å². The molecule has 1 heterocycles. The molecule has 72 valence electrons. The summed E-state index contributed by atoms with van der Waals surface area (Å²) in [6.07, 6.45) is -0.164. The Balaban J connectivity index is 2.33. The molecule has 1 N–H and O–H groups in total. The highest BCUT2D eigenvalue weighted by Crippen LogP contribution is 2.16. The topological polar surface area (TPSA) is 79.5 Å². The van der Waals surface area contributed by atoms with Crippen LogP contribution in [0, 0.1) is 11.3 Å². The van der Waals surface area contributed by atoms with Crippen molar-refractivity contribution in [1.82, 2.24) is 0 Å². The highest BCUT2D eigenvalue weighted by molar-refractivity contribution is 5.67.